The van der Waals surface area contributed by atoms with E-state index in [1.165, 1.54) is 12.8 Å². The molecule has 0 radical (unpaired) electrons. The number of hydrogen-bond acceptors (Lipinski definition) is 1. The minimum atomic E-state index is -2.36. The van der Waals surface area contributed by atoms with Crippen LogP contribution >= 0.6 is 11.6 Å². The molecular formula is C13H13ClF2N2. The summed E-state index contributed by atoms with van der Waals surface area (Å²) in [6.45, 7) is -0.291. The summed E-state index contributed by atoms with van der Waals surface area (Å²) in [6.07, 6.45) is 0.784. The second-order valence-electron chi connectivity index (χ2n) is 4.81. The molecule has 0 spiro atoms. The zero-order chi connectivity index (χ0) is 12.7. The third-order valence-corrected chi connectivity index (χ3v) is 3.51. The maximum Gasteiger partial charge on any atom is 0.256 e. The van der Waals surface area contributed by atoms with Gasteiger partial charge in [-0.05, 0) is 37.0 Å². The Morgan fingerprint density at radius 1 is 1.39 bits per heavy atom. The van der Waals surface area contributed by atoms with E-state index in [0.29, 0.717) is 16.5 Å². The van der Waals surface area contributed by atoms with E-state index in [4.69, 9.17) is 11.6 Å². The van der Waals surface area contributed by atoms with Crippen LogP contribution in [0.4, 0.5) is 8.78 Å². The van der Waals surface area contributed by atoms with E-state index >= 15 is 0 Å². The monoisotopic (exact) mass is 270 g/mol. The molecule has 0 amide bonds. The Kier molecular flexibility index (Phi) is 2.98. The van der Waals surface area contributed by atoms with Crippen molar-refractivity contribution in [2.45, 2.75) is 32.2 Å². The Bertz CT molecular complexity index is 576. The molecule has 1 aliphatic rings. The molecule has 0 unspecified atom stereocenters. The Morgan fingerprint density at radius 2 is 2.17 bits per heavy atom. The topological polar surface area (TPSA) is 17.8 Å². The van der Waals surface area contributed by atoms with E-state index in [1.54, 1.807) is 22.8 Å². The molecule has 0 N–H and O–H groups in total. The van der Waals surface area contributed by atoms with Crippen LogP contribution in [-0.2, 0) is 13.0 Å². The number of hydrogen-bond donors (Lipinski definition) is 0. The summed E-state index contributed by atoms with van der Waals surface area (Å²) in [5.74, 6) is 1.38. The van der Waals surface area contributed by atoms with E-state index < -0.39 is 6.43 Å². The summed E-state index contributed by atoms with van der Waals surface area (Å²) in [5, 5.41) is 0.585. The van der Waals surface area contributed by atoms with E-state index in [-0.39, 0.29) is 6.54 Å². The van der Waals surface area contributed by atoms with Crippen LogP contribution in [0.15, 0.2) is 18.2 Å². The van der Waals surface area contributed by atoms with Crippen molar-refractivity contribution in [1.82, 2.24) is 9.55 Å². The zero-order valence-electron chi connectivity index (χ0n) is 9.74. The molecule has 0 atom stereocenters. The van der Waals surface area contributed by atoms with Crippen LogP contribution in [0.3, 0.4) is 0 Å². The average molecular weight is 271 g/mol. The van der Waals surface area contributed by atoms with Crippen molar-refractivity contribution in [2.75, 3.05) is 0 Å². The van der Waals surface area contributed by atoms with Gasteiger partial charge in [-0.1, -0.05) is 11.6 Å². The van der Waals surface area contributed by atoms with Gasteiger partial charge in [0.2, 0.25) is 0 Å². The minimum Gasteiger partial charge on any atom is -0.322 e. The summed E-state index contributed by atoms with van der Waals surface area (Å²) in [5.41, 5.74) is 1.45. The van der Waals surface area contributed by atoms with Crippen molar-refractivity contribution in [2.24, 2.45) is 5.92 Å². The predicted molar refractivity (Wildman–Crippen MR) is 67.2 cm³/mol. The van der Waals surface area contributed by atoms with E-state index in [2.05, 4.69) is 4.98 Å². The molecule has 0 bridgehead atoms. The SMILES string of the molecule is FC(F)Cn1c(CC2CC2)nc2cc(Cl)ccc21. The van der Waals surface area contributed by atoms with Crippen LogP contribution in [0.2, 0.25) is 5.02 Å². The van der Waals surface area contributed by atoms with Gasteiger partial charge in [-0.15, -0.1) is 0 Å². The predicted octanol–water partition coefficient (Wildman–Crippen LogP) is 3.91. The Morgan fingerprint density at radius 3 is 2.83 bits per heavy atom. The first kappa shape index (κ1) is 11.9. The molecule has 1 fully saturated rings. The molecule has 5 heteroatoms. The van der Waals surface area contributed by atoms with Crippen molar-refractivity contribution in [3.8, 4) is 0 Å². The lowest BCUT2D eigenvalue weighted by Gasteiger charge is -2.07. The van der Waals surface area contributed by atoms with Gasteiger partial charge in [0.15, 0.2) is 0 Å². The van der Waals surface area contributed by atoms with Gasteiger partial charge < -0.3 is 4.57 Å². The van der Waals surface area contributed by atoms with Crippen molar-refractivity contribution < 1.29 is 8.78 Å². The highest BCUT2D eigenvalue weighted by molar-refractivity contribution is 6.31. The molecule has 1 heterocycles. The maximum atomic E-state index is 12.7. The Balaban J connectivity index is 2.06. The van der Waals surface area contributed by atoms with Crippen LogP contribution in [-0.4, -0.2) is 16.0 Å². The molecule has 3 rings (SSSR count). The highest BCUT2D eigenvalue weighted by Crippen LogP contribution is 2.33. The van der Waals surface area contributed by atoms with E-state index in [9.17, 15) is 8.78 Å². The second kappa shape index (κ2) is 4.50. The van der Waals surface area contributed by atoms with Crippen LogP contribution in [0.1, 0.15) is 18.7 Å². The number of nitrogens with zero attached hydrogens (tertiary/aromatic N) is 2. The third kappa shape index (κ3) is 2.34. The largest absolute Gasteiger partial charge is 0.322 e. The quantitative estimate of drug-likeness (QED) is 0.824. The first-order chi connectivity index (χ1) is 8.63. The highest BCUT2D eigenvalue weighted by atomic mass is 35.5. The lowest BCUT2D eigenvalue weighted by atomic mass is 10.3. The summed E-state index contributed by atoms with van der Waals surface area (Å²) in [7, 11) is 0. The van der Waals surface area contributed by atoms with Crippen molar-refractivity contribution in [3.05, 3.63) is 29.0 Å². The van der Waals surface area contributed by atoms with Gasteiger partial charge in [-0.3, -0.25) is 0 Å². The summed E-state index contributed by atoms with van der Waals surface area (Å²) in [6, 6.07) is 5.22. The van der Waals surface area contributed by atoms with Crippen LogP contribution < -0.4 is 0 Å². The molecule has 1 aromatic carbocycles. The van der Waals surface area contributed by atoms with Crippen molar-refractivity contribution in [3.63, 3.8) is 0 Å². The fourth-order valence-electron chi connectivity index (χ4n) is 2.23. The maximum absolute atomic E-state index is 12.7. The molecule has 1 aromatic heterocycles. The van der Waals surface area contributed by atoms with Crippen molar-refractivity contribution >= 4 is 22.6 Å². The van der Waals surface area contributed by atoms with Crippen molar-refractivity contribution in [1.29, 1.82) is 0 Å². The third-order valence-electron chi connectivity index (χ3n) is 3.28. The highest BCUT2D eigenvalue weighted by Gasteiger charge is 2.25. The molecule has 18 heavy (non-hydrogen) atoms. The number of fused-ring (bicyclic) bond motifs is 1. The van der Waals surface area contributed by atoms with Crippen LogP contribution in [0, 0.1) is 5.92 Å². The summed E-state index contributed by atoms with van der Waals surface area (Å²) in [4.78, 5) is 4.45. The zero-order valence-corrected chi connectivity index (χ0v) is 10.5. The molecule has 2 nitrogen and oxygen atoms in total. The Hall–Kier alpha value is -1.16. The number of rotatable bonds is 4. The van der Waals surface area contributed by atoms with Crippen LogP contribution in [0.5, 0.6) is 0 Å². The van der Waals surface area contributed by atoms with Gasteiger partial charge in [0.05, 0.1) is 17.6 Å². The molecule has 0 aliphatic heterocycles. The summed E-state index contributed by atoms with van der Waals surface area (Å²) < 4.78 is 27.0. The normalized spacial score (nSPS) is 15.8. The van der Waals surface area contributed by atoms with Gasteiger partial charge in [-0.25, -0.2) is 13.8 Å². The smallest absolute Gasteiger partial charge is 0.256 e. The fourth-order valence-corrected chi connectivity index (χ4v) is 2.40. The summed E-state index contributed by atoms with van der Waals surface area (Å²) >= 11 is 5.91. The molecule has 1 saturated carbocycles. The van der Waals surface area contributed by atoms with Gasteiger partial charge in [0.1, 0.15) is 5.82 Å². The number of aromatic nitrogens is 2. The van der Waals surface area contributed by atoms with Gasteiger partial charge in [-0.2, -0.15) is 0 Å². The minimum absolute atomic E-state index is 0.291. The molecule has 0 saturated heterocycles. The Labute approximate surface area is 109 Å². The number of halogens is 3. The lowest BCUT2D eigenvalue weighted by molar-refractivity contribution is 0.127. The van der Waals surface area contributed by atoms with E-state index in [0.717, 1.165) is 17.8 Å². The number of benzene rings is 1. The molecule has 96 valence electrons. The second-order valence-corrected chi connectivity index (χ2v) is 5.25. The number of imidazole rings is 1. The first-order valence-electron chi connectivity index (χ1n) is 6.06. The van der Waals surface area contributed by atoms with E-state index in [1.807, 2.05) is 0 Å². The fraction of sp³-hybridized carbons (Fsp3) is 0.462. The standard InChI is InChI=1S/C13H13ClF2N2/c14-9-3-4-11-10(6-9)17-13(5-8-1-2-8)18(11)7-12(15)16/h3-4,6,8,12H,1-2,5,7H2. The molecule has 1 aliphatic carbocycles. The first-order valence-corrected chi connectivity index (χ1v) is 6.44. The number of alkyl halides is 2. The molecule has 2 aromatic rings. The molecular weight excluding hydrogens is 258 g/mol. The van der Waals surface area contributed by atoms with Gasteiger partial charge in [0, 0.05) is 11.4 Å². The average Bonchev–Trinajstić information content (AvgIpc) is 3.04. The van der Waals surface area contributed by atoms with Gasteiger partial charge >= 0.3 is 0 Å². The van der Waals surface area contributed by atoms with Crippen LogP contribution in [0.25, 0.3) is 11.0 Å². The lowest BCUT2D eigenvalue weighted by Crippen LogP contribution is -2.10. The van der Waals surface area contributed by atoms with Gasteiger partial charge in [0.25, 0.3) is 6.43 Å².